The Balaban J connectivity index is 4.09. The van der Waals surface area contributed by atoms with E-state index in [0.29, 0.717) is 13.2 Å². The van der Waals surface area contributed by atoms with Gasteiger partial charge in [0, 0.05) is 27.3 Å². The van der Waals surface area contributed by atoms with Gasteiger partial charge in [-0.25, -0.2) is 18.0 Å². The van der Waals surface area contributed by atoms with Gasteiger partial charge in [-0.05, 0) is 13.8 Å². The van der Waals surface area contributed by atoms with Gasteiger partial charge in [-0.3, -0.25) is 0 Å². The summed E-state index contributed by atoms with van der Waals surface area (Å²) in [5.41, 5.74) is 0. The molecule has 6 nitrogen and oxygen atoms in total. The molecule has 2 N–H and O–H groups in total. The molecule has 0 radical (unpaired) electrons. The van der Waals surface area contributed by atoms with Gasteiger partial charge in [-0.2, -0.15) is 0 Å². The van der Waals surface area contributed by atoms with Gasteiger partial charge in [0.15, 0.2) is 16.4 Å². The molecule has 7 heteroatoms. The molecule has 0 aliphatic heterocycles. The van der Waals surface area contributed by atoms with Crippen LogP contribution in [0.4, 0.5) is 0 Å². The highest BCUT2D eigenvalue weighted by Crippen LogP contribution is 1.96. The second-order valence-corrected chi connectivity index (χ2v) is 5.10. The molecule has 0 aromatic rings. The molecular weight excluding hydrogens is 218 g/mol. The van der Waals surface area contributed by atoms with Crippen molar-refractivity contribution in [1.29, 1.82) is 4.78 Å². The normalized spacial score (nSPS) is 15.9. The molecule has 0 bridgehead atoms. The Labute approximate surface area is 92.2 Å². The zero-order valence-corrected chi connectivity index (χ0v) is 10.6. The lowest BCUT2D eigenvalue weighted by atomic mass is 10.6. The van der Waals surface area contributed by atoms with Crippen molar-refractivity contribution in [2.45, 2.75) is 20.1 Å². The lowest BCUT2D eigenvalue weighted by Crippen LogP contribution is -2.40. The van der Waals surface area contributed by atoms with Crippen LogP contribution < -0.4 is 4.72 Å². The zero-order chi connectivity index (χ0) is 11.9. The standard InChI is InChI=1S/C8H21N3O3S/c1-5-13-8(14-6-2)7-10-15(9,12)11(3)4/h8H,5-7H2,1-4H3,(H2,9,10,12). The van der Waals surface area contributed by atoms with Crippen LogP contribution in [0.2, 0.25) is 0 Å². The van der Waals surface area contributed by atoms with Crippen molar-refractivity contribution in [3.05, 3.63) is 0 Å². The predicted molar refractivity (Wildman–Crippen MR) is 59.6 cm³/mol. The van der Waals surface area contributed by atoms with Crippen LogP contribution in [0.3, 0.4) is 0 Å². The second-order valence-electron chi connectivity index (χ2n) is 3.03. The maximum Gasteiger partial charge on any atom is 0.172 e. The summed E-state index contributed by atoms with van der Waals surface area (Å²) in [7, 11) is 0.258. The van der Waals surface area contributed by atoms with Crippen LogP contribution >= 0.6 is 0 Å². The van der Waals surface area contributed by atoms with Gasteiger partial charge in [0.2, 0.25) is 0 Å². The lowest BCUT2D eigenvalue weighted by molar-refractivity contribution is -0.130. The number of hydrogen-bond acceptors (Lipinski definition) is 4. The fourth-order valence-electron chi connectivity index (χ4n) is 0.848. The van der Waals surface area contributed by atoms with Crippen molar-refractivity contribution in [2.75, 3.05) is 33.9 Å². The van der Waals surface area contributed by atoms with Crippen molar-refractivity contribution in [3.63, 3.8) is 0 Å². The summed E-state index contributed by atoms with van der Waals surface area (Å²) < 4.78 is 33.4. The van der Waals surface area contributed by atoms with Crippen molar-refractivity contribution < 1.29 is 13.7 Å². The highest BCUT2D eigenvalue weighted by Gasteiger charge is 2.13. The van der Waals surface area contributed by atoms with Crippen molar-refractivity contribution in [3.8, 4) is 0 Å². The van der Waals surface area contributed by atoms with Crippen LogP contribution in [-0.2, 0) is 19.6 Å². The van der Waals surface area contributed by atoms with E-state index in [0.717, 1.165) is 0 Å². The minimum Gasteiger partial charge on any atom is -0.352 e. The molecule has 15 heavy (non-hydrogen) atoms. The van der Waals surface area contributed by atoms with E-state index in [2.05, 4.69) is 4.72 Å². The molecule has 0 spiro atoms. The zero-order valence-electron chi connectivity index (χ0n) is 9.78. The highest BCUT2D eigenvalue weighted by molar-refractivity contribution is 7.88. The van der Waals surface area contributed by atoms with Crippen molar-refractivity contribution >= 4 is 10.1 Å². The first-order chi connectivity index (χ1) is 6.94. The highest BCUT2D eigenvalue weighted by atomic mass is 32.2. The van der Waals surface area contributed by atoms with E-state index in [1.165, 1.54) is 4.31 Å². The quantitative estimate of drug-likeness (QED) is 0.603. The molecule has 0 aliphatic rings. The Morgan fingerprint density at radius 1 is 1.33 bits per heavy atom. The number of nitrogens with zero attached hydrogens (tertiary/aromatic N) is 1. The lowest BCUT2D eigenvalue weighted by Gasteiger charge is -2.20. The van der Waals surface area contributed by atoms with E-state index in [1.807, 2.05) is 13.8 Å². The first-order valence-corrected chi connectivity index (χ1v) is 6.39. The summed E-state index contributed by atoms with van der Waals surface area (Å²) in [5, 5.41) is 0. The summed E-state index contributed by atoms with van der Waals surface area (Å²) in [5.74, 6) is 0. The number of rotatable bonds is 8. The molecular formula is C8H21N3O3S. The smallest absolute Gasteiger partial charge is 0.172 e. The van der Waals surface area contributed by atoms with Gasteiger partial charge in [0.25, 0.3) is 0 Å². The Hall–Kier alpha value is -0.210. The molecule has 0 saturated heterocycles. The van der Waals surface area contributed by atoms with Crippen molar-refractivity contribution in [1.82, 2.24) is 9.03 Å². The average Bonchev–Trinajstić information content (AvgIpc) is 2.15. The van der Waals surface area contributed by atoms with Crippen LogP contribution in [0.15, 0.2) is 0 Å². The van der Waals surface area contributed by atoms with Gasteiger partial charge in [-0.1, -0.05) is 0 Å². The van der Waals surface area contributed by atoms with Crippen LogP contribution in [0.5, 0.6) is 0 Å². The summed E-state index contributed by atoms with van der Waals surface area (Å²) in [6.45, 7) is 5.00. The maximum absolute atomic E-state index is 11.6. The van der Waals surface area contributed by atoms with E-state index < -0.39 is 16.4 Å². The molecule has 0 aromatic carbocycles. The van der Waals surface area contributed by atoms with E-state index in [1.54, 1.807) is 14.1 Å². The predicted octanol–water partition coefficient (Wildman–Crippen LogP) is 0.413. The third kappa shape index (κ3) is 6.06. The number of hydrogen-bond donors (Lipinski definition) is 2. The van der Waals surface area contributed by atoms with E-state index >= 15 is 0 Å². The van der Waals surface area contributed by atoms with Crippen LogP contribution in [-0.4, -0.2) is 48.7 Å². The third-order valence-corrected chi connectivity index (χ3v) is 3.25. The van der Waals surface area contributed by atoms with Crippen LogP contribution in [0.25, 0.3) is 0 Å². The Morgan fingerprint density at radius 3 is 2.13 bits per heavy atom. The summed E-state index contributed by atoms with van der Waals surface area (Å²) in [6, 6.07) is 0. The van der Waals surface area contributed by atoms with Gasteiger partial charge in [0.1, 0.15) is 0 Å². The van der Waals surface area contributed by atoms with Gasteiger partial charge < -0.3 is 9.47 Å². The van der Waals surface area contributed by atoms with Crippen LogP contribution in [0, 0.1) is 4.78 Å². The topological polar surface area (TPSA) is 74.7 Å². The third-order valence-electron chi connectivity index (χ3n) is 1.66. The molecule has 0 amide bonds. The molecule has 1 atom stereocenters. The fraction of sp³-hybridized carbons (Fsp3) is 1.00. The SMILES string of the molecule is CCOC(CNS(=N)(=O)N(C)C)OCC. The maximum atomic E-state index is 11.6. The monoisotopic (exact) mass is 239 g/mol. The second kappa shape index (κ2) is 7.13. The molecule has 92 valence electrons. The molecule has 0 aromatic heterocycles. The molecule has 0 aliphatic carbocycles. The Bertz CT molecular complexity index is 248. The summed E-state index contributed by atoms with van der Waals surface area (Å²) in [4.78, 5) is 0. The van der Waals surface area contributed by atoms with E-state index in [4.69, 9.17) is 14.3 Å². The van der Waals surface area contributed by atoms with Gasteiger partial charge in [-0.15, -0.1) is 0 Å². The van der Waals surface area contributed by atoms with E-state index in [-0.39, 0.29) is 6.54 Å². The Kier molecular flexibility index (Phi) is 7.03. The largest absolute Gasteiger partial charge is 0.352 e. The Morgan fingerprint density at radius 2 is 1.80 bits per heavy atom. The molecule has 1 unspecified atom stereocenters. The first-order valence-electron chi connectivity index (χ1n) is 4.88. The summed E-state index contributed by atoms with van der Waals surface area (Å²) >= 11 is 0. The average molecular weight is 239 g/mol. The number of nitrogens with one attached hydrogen (secondary N) is 2. The molecule has 0 heterocycles. The molecule has 0 saturated carbocycles. The van der Waals surface area contributed by atoms with Crippen molar-refractivity contribution in [2.24, 2.45) is 0 Å². The number of ether oxygens (including phenoxy) is 2. The minimum atomic E-state index is -2.91. The molecule has 0 rings (SSSR count). The summed E-state index contributed by atoms with van der Waals surface area (Å²) in [6.07, 6.45) is -0.453. The van der Waals surface area contributed by atoms with Gasteiger partial charge in [0.05, 0.1) is 6.54 Å². The minimum absolute atomic E-state index is 0.238. The van der Waals surface area contributed by atoms with E-state index in [9.17, 15) is 4.21 Å². The first kappa shape index (κ1) is 14.8. The van der Waals surface area contributed by atoms with Crippen LogP contribution in [0.1, 0.15) is 13.8 Å². The van der Waals surface area contributed by atoms with Gasteiger partial charge >= 0.3 is 0 Å². The fourth-order valence-corrected chi connectivity index (χ4v) is 1.47. The molecule has 0 fully saturated rings.